The minimum Gasteiger partial charge on any atom is -0.354 e. The third kappa shape index (κ3) is 4.36. The molecule has 2 aromatic rings. The zero-order chi connectivity index (χ0) is 15.2. The molecule has 2 nitrogen and oxygen atoms in total. The average molecular weight is 354 g/mol. The lowest BCUT2D eigenvalue weighted by Gasteiger charge is -2.12. The molecule has 2 aromatic carbocycles. The molecule has 0 spiro atoms. The number of rotatable bonds is 5. The summed E-state index contributed by atoms with van der Waals surface area (Å²) in [4.78, 5) is 11.8. The van der Waals surface area contributed by atoms with Crippen LogP contribution in [-0.4, -0.2) is 12.5 Å². The third-order valence-corrected chi connectivity index (χ3v) is 3.87. The Hall–Kier alpha value is -1.75. The molecule has 5 heteroatoms. The molecule has 0 bridgehead atoms. The number of hydrogen-bond donors (Lipinski definition) is 1. The van der Waals surface area contributed by atoms with Crippen molar-refractivity contribution in [2.75, 3.05) is 6.54 Å². The summed E-state index contributed by atoms with van der Waals surface area (Å²) in [5.41, 5.74) is 1.09. The number of alkyl halides is 1. The van der Waals surface area contributed by atoms with Gasteiger partial charge < -0.3 is 5.32 Å². The number of carbonyl (C=O) groups excluding carboxylic acids is 1. The number of nitrogens with one attached hydrogen (secondary N) is 1. The van der Waals surface area contributed by atoms with Gasteiger partial charge in [-0.3, -0.25) is 4.79 Å². The van der Waals surface area contributed by atoms with E-state index >= 15 is 0 Å². The van der Waals surface area contributed by atoms with Crippen molar-refractivity contribution >= 4 is 21.8 Å². The van der Waals surface area contributed by atoms with Gasteiger partial charge in [-0.1, -0.05) is 58.4 Å². The van der Waals surface area contributed by atoms with Crippen molar-refractivity contribution in [1.82, 2.24) is 5.32 Å². The normalized spacial score (nSPS) is 12.0. The van der Waals surface area contributed by atoms with Crippen LogP contribution in [0.15, 0.2) is 48.5 Å². The highest BCUT2D eigenvalue weighted by Crippen LogP contribution is 2.21. The fourth-order valence-corrected chi connectivity index (χ4v) is 2.37. The first-order valence-corrected chi connectivity index (χ1v) is 7.38. The Morgan fingerprint density at radius 3 is 2.52 bits per heavy atom. The molecule has 0 fully saturated rings. The van der Waals surface area contributed by atoms with Gasteiger partial charge in [0, 0.05) is 12.1 Å². The van der Waals surface area contributed by atoms with E-state index in [-0.39, 0.29) is 22.7 Å². The Balaban J connectivity index is 1.89. The molecule has 0 aliphatic carbocycles. The number of halogens is 3. The number of hydrogen-bond acceptors (Lipinski definition) is 1. The van der Waals surface area contributed by atoms with E-state index < -0.39 is 11.6 Å². The molecule has 0 heterocycles. The van der Waals surface area contributed by atoms with Crippen LogP contribution in [-0.2, 0) is 11.2 Å². The van der Waals surface area contributed by atoms with Gasteiger partial charge in [0.05, 0.1) is 11.2 Å². The van der Waals surface area contributed by atoms with Gasteiger partial charge >= 0.3 is 0 Å². The predicted octanol–water partition coefficient (Wildman–Crippen LogP) is 3.76. The molecule has 0 saturated heterocycles. The van der Waals surface area contributed by atoms with Gasteiger partial charge in [-0.25, -0.2) is 8.78 Å². The van der Waals surface area contributed by atoms with Crippen molar-refractivity contribution in [1.29, 1.82) is 0 Å². The van der Waals surface area contributed by atoms with Crippen LogP contribution in [0.5, 0.6) is 0 Å². The van der Waals surface area contributed by atoms with Crippen molar-refractivity contribution in [2.45, 2.75) is 11.2 Å². The second-order valence-corrected chi connectivity index (χ2v) is 5.68. The van der Waals surface area contributed by atoms with Crippen molar-refractivity contribution in [3.8, 4) is 0 Å². The summed E-state index contributed by atoms with van der Waals surface area (Å²) in [6, 6.07) is 13.4. The van der Waals surface area contributed by atoms with Crippen molar-refractivity contribution < 1.29 is 13.6 Å². The van der Waals surface area contributed by atoms with Crippen LogP contribution in [0.4, 0.5) is 8.78 Å². The largest absolute Gasteiger partial charge is 0.354 e. The maximum atomic E-state index is 13.5. The highest BCUT2D eigenvalue weighted by Gasteiger charge is 2.13. The molecule has 1 amide bonds. The molecule has 0 aliphatic heterocycles. The van der Waals surface area contributed by atoms with Crippen LogP contribution < -0.4 is 5.32 Å². The summed E-state index contributed by atoms with van der Waals surface area (Å²) in [6.07, 6.45) is -0.182. The van der Waals surface area contributed by atoms with Crippen molar-refractivity contribution in [2.24, 2.45) is 0 Å². The Bertz CT molecular complexity index is 619. The molecule has 1 N–H and O–H groups in total. The van der Waals surface area contributed by atoms with Crippen LogP contribution in [0, 0.1) is 11.6 Å². The predicted molar refractivity (Wildman–Crippen MR) is 81.2 cm³/mol. The first-order chi connectivity index (χ1) is 10.1. The number of amides is 1. The van der Waals surface area contributed by atoms with E-state index in [1.807, 2.05) is 30.3 Å². The van der Waals surface area contributed by atoms with Gasteiger partial charge in [0.25, 0.3) is 0 Å². The van der Waals surface area contributed by atoms with Gasteiger partial charge in [-0.15, -0.1) is 0 Å². The van der Waals surface area contributed by atoms with E-state index in [0.717, 1.165) is 11.6 Å². The molecule has 0 aliphatic rings. The SMILES string of the molecule is O=C(Cc1cccc(F)c1F)NCC(Br)c1ccccc1. The summed E-state index contributed by atoms with van der Waals surface area (Å²) in [7, 11) is 0. The van der Waals surface area contributed by atoms with E-state index in [2.05, 4.69) is 21.2 Å². The zero-order valence-electron chi connectivity index (χ0n) is 11.2. The summed E-state index contributed by atoms with van der Waals surface area (Å²) in [6.45, 7) is 0.375. The fraction of sp³-hybridized carbons (Fsp3) is 0.188. The lowest BCUT2D eigenvalue weighted by molar-refractivity contribution is -0.120. The Kier molecular flexibility index (Phi) is 5.44. The van der Waals surface area contributed by atoms with Crippen LogP contribution in [0.2, 0.25) is 0 Å². The minimum atomic E-state index is -0.967. The number of benzene rings is 2. The first kappa shape index (κ1) is 15.6. The average Bonchev–Trinajstić information content (AvgIpc) is 2.50. The van der Waals surface area contributed by atoms with Crippen molar-refractivity contribution in [3.05, 3.63) is 71.3 Å². The lowest BCUT2D eigenvalue weighted by atomic mass is 10.1. The Morgan fingerprint density at radius 2 is 1.81 bits per heavy atom. The van der Waals surface area contributed by atoms with Gasteiger partial charge in [0.15, 0.2) is 11.6 Å². The molecule has 0 aromatic heterocycles. The van der Waals surface area contributed by atoms with E-state index in [0.29, 0.717) is 6.54 Å². The molecule has 1 unspecified atom stereocenters. The quantitative estimate of drug-likeness (QED) is 0.814. The maximum absolute atomic E-state index is 13.5. The molecule has 0 saturated carbocycles. The minimum absolute atomic E-state index is 0.0278. The summed E-state index contributed by atoms with van der Waals surface area (Å²) in [5, 5.41) is 2.70. The molecule has 0 radical (unpaired) electrons. The van der Waals surface area contributed by atoms with Gasteiger partial charge in [0.2, 0.25) is 5.91 Å². The molecular weight excluding hydrogens is 340 g/mol. The van der Waals surface area contributed by atoms with Crippen LogP contribution in [0.25, 0.3) is 0 Å². The molecular formula is C16H14BrF2NO. The molecule has 110 valence electrons. The van der Waals surface area contributed by atoms with Gasteiger partial charge in [-0.2, -0.15) is 0 Å². The van der Waals surface area contributed by atoms with E-state index in [4.69, 9.17) is 0 Å². The Labute approximate surface area is 130 Å². The molecule has 1 atom stereocenters. The second-order valence-electron chi connectivity index (χ2n) is 4.57. The molecule has 21 heavy (non-hydrogen) atoms. The van der Waals surface area contributed by atoms with Gasteiger partial charge in [0.1, 0.15) is 0 Å². The van der Waals surface area contributed by atoms with Crippen LogP contribution in [0.1, 0.15) is 16.0 Å². The maximum Gasteiger partial charge on any atom is 0.224 e. The third-order valence-electron chi connectivity index (χ3n) is 3.02. The monoisotopic (exact) mass is 353 g/mol. The number of carbonyl (C=O) groups is 1. The smallest absolute Gasteiger partial charge is 0.224 e. The zero-order valence-corrected chi connectivity index (χ0v) is 12.7. The Morgan fingerprint density at radius 1 is 1.10 bits per heavy atom. The second kappa shape index (κ2) is 7.31. The van der Waals surface area contributed by atoms with E-state index in [9.17, 15) is 13.6 Å². The van der Waals surface area contributed by atoms with E-state index in [1.165, 1.54) is 12.1 Å². The van der Waals surface area contributed by atoms with Crippen molar-refractivity contribution in [3.63, 3.8) is 0 Å². The van der Waals surface area contributed by atoms with Crippen LogP contribution >= 0.6 is 15.9 Å². The summed E-state index contributed by atoms with van der Waals surface area (Å²) in [5.74, 6) is -2.26. The van der Waals surface area contributed by atoms with E-state index in [1.54, 1.807) is 0 Å². The topological polar surface area (TPSA) is 29.1 Å². The lowest BCUT2D eigenvalue weighted by Crippen LogP contribution is -2.28. The summed E-state index contributed by atoms with van der Waals surface area (Å²) < 4.78 is 26.5. The first-order valence-electron chi connectivity index (χ1n) is 6.46. The van der Waals surface area contributed by atoms with Gasteiger partial charge in [-0.05, 0) is 11.6 Å². The standard InChI is InChI=1S/C16H14BrF2NO/c17-13(11-5-2-1-3-6-11)10-20-15(21)9-12-7-4-8-14(18)16(12)19/h1-8,13H,9-10H2,(H,20,21). The highest BCUT2D eigenvalue weighted by molar-refractivity contribution is 9.09. The highest BCUT2D eigenvalue weighted by atomic mass is 79.9. The summed E-state index contributed by atoms with van der Waals surface area (Å²) >= 11 is 3.48. The molecule has 2 rings (SSSR count). The fourth-order valence-electron chi connectivity index (χ4n) is 1.90. The van der Waals surface area contributed by atoms with Crippen LogP contribution in [0.3, 0.4) is 0 Å².